The molecule has 1 fully saturated rings. The predicted molar refractivity (Wildman–Crippen MR) is 171 cm³/mol. The van der Waals surface area contributed by atoms with Crippen molar-refractivity contribution in [2.75, 3.05) is 47.1 Å². The molecular weight excluding hydrogens is 606 g/mol. The van der Waals surface area contributed by atoms with E-state index in [0.29, 0.717) is 55.5 Å². The van der Waals surface area contributed by atoms with Gasteiger partial charge in [-0.05, 0) is 72.1 Å². The standard InChI is InChI=1S/C34H36ClFN2O5.ClH/c1-40-27-8-9-31-29(21-27)30-22-37(14-10-32(30)38(31)33(39)23-4-6-25(35)7-5-23)13-3-15-43-28-19-24(18-26(36)20-28)34(41-2)11-16-42-17-12-34;/h4-9,18-21H,3,10-17,22H2,1-2H3;1H. The molecule has 0 radical (unpaired) electrons. The smallest absolute Gasteiger partial charge is 0.262 e. The fourth-order valence-electron chi connectivity index (χ4n) is 6.36. The average molecular weight is 644 g/mol. The molecule has 234 valence electrons. The highest BCUT2D eigenvalue weighted by Crippen LogP contribution is 2.38. The molecule has 0 aliphatic carbocycles. The number of benzene rings is 3. The fraction of sp³-hybridized carbons (Fsp3) is 0.382. The molecule has 44 heavy (non-hydrogen) atoms. The number of carbonyl (C=O) groups is 1. The minimum Gasteiger partial charge on any atom is -0.497 e. The number of ether oxygens (including phenoxy) is 4. The molecule has 0 unspecified atom stereocenters. The van der Waals surface area contributed by atoms with Crippen LogP contribution in [0.25, 0.3) is 10.9 Å². The minimum absolute atomic E-state index is 0. The molecule has 0 bridgehead atoms. The van der Waals surface area contributed by atoms with Crippen molar-refractivity contribution in [2.45, 2.75) is 37.8 Å². The lowest BCUT2D eigenvalue weighted by Crippen LogP contribution is -2.35. The Balaban J connectivity index is 0.00000384. The van der Waals surface area contributed by atoms with Gasteiger partial charge in [-0.1, -0.05) is 11.6 Å². The predicted octanol–water partition coefficient (Wildman–Crippen LogP) is 7.03. The summed E-state index contributed by atoms with van der Waals surface area (Å²) in [6.45, 7) is 3.96. The van der Waals surface area contributed by atoms with Gasteiger partial charge in [0, 0.05) is 87.0 Å². The first kappa shape index (κ1) is 32.3. The number of methoxy groups -OCH3 is 2. The van der Waals surface area contributed by atoms with Crippen LogP contribution < -0.4 is 9.47 Å². The summed E-state index contributed by atoms with van der Waals surface area (Å²) in [4.78, 5) is 16.1. The van der Waals surface area contributed by atoms with Gasteiger partial charge in [0.25, 0.3) is 5.91 Å². The van der Waals surface area contributed by atoms with E-state index in [1.807, 2.05) is 28.8 Å². The van der Waals surface area contributed by atoms with E-state index in [-0.39, 0.29) is 24.1 Å². The van der Waals surface area contributed by atoms with E-state index in [9.17, 15) is 9.18 Å². The first-order valence-electron chi connectivity index (χ1n) is 14.7. The van der Waals surface area contributed by atoms with Crippen molar-refractivity contribution in [3.63, 3.8) is 0 Å². The molecule has 4 aromatic rings. The van der Waals surface area contributed by atoms with Gasteiger partial charge in [0.1, 0.15) is 17.3 Å². The second-order valence-electron chi connectivity index (χ2n) is 11.2. The largest absolute Gasteiger partial charge is 0.497 e. The number of halogens is 3. The summed E-state index contributed by atoms with van der Waals surface area (Å²) in [5, 5.41) is 1.61. The molecule has 0 atom stereocenters. The van der Waals surface area contributed by atoms with Gasteiger partial charge in [-0.15, -0.1) is 12.4 Å². The average Bonchev–Trinajstić information content (AvgIpc) is 3.36. The summed E-state index contributed by atoms with van der Waals surface area (Å²) in [5.74, 6) is 0.858. The highest BCUT2D eigenvalue weighted by Gasteiger charge is 2.35. The van der Waals surface area contributed by atoms with Gasteiger partial charge in [0.2, 0.25) is 0 Å². The van der Waals surface area contributed by atoms with Crippen molar-refractivity contribution in [1.29, 1.82) is 0 Å². The molecule has 3 aromatic carbocycles. The van der Waals surface area contributed by atoms with E-state index in [4.69, 9.17) is 30.5 Å². The van der Waals surface area contributed by atoms with Crippen LogP contribution in [0.2, 0.25) is 5.02 Å². The van der Waals surface area contributed by atoms with Crippen LogP contribution in [0.1, 0.15) is 46.4 Å². The molecular formula is C34H37Cl2FN2O5. The molecule has 1 saturated heterocycles. The van der Waals surface area contributed by atoms with Crippen molar-refractivity contribution < 1.29 is 28.1 Å². The normalized spacial score (nSPS) is 16.3. The molecule has 0 amide bonds. The Hall–Kier alpha value is -3.14. The Kier molecular flexibility index (Phi) is 10.2. The number of hydrogen-bond acceptors (Lipinski definition) is 6. The zero-order valence-corrected chi connectivity index (χ0v) is 26.5. The van der Waals surface area contributed by atoms with Gasteiger partial charge in [-0.2, -0.15) is 0 Å². The summed E-state index contributed by atoms with van der Waals surface area (Å²) in [5.41, 5.74) is 3.87. The van der Waals surface area contributed by atoms with E-state index in [1.165, 1.54) is 12.1 Å². The van der Waals surface area contributed by atoms with Gasteiger partial charge in [-0.25, -0.2) is 4.39 Å². The number of fused-ring (bicyclic) bond motifs is 3. The Morgan fingerprint density at radius 2 is 1.80 bits per heavy atom. The summed E-state index contributed by atoms with van der Waals surface area (Å²) >= 11 is 6.07. The quantitative estimate of drug-likeness (QED) is 0.183. The minimum atomic E-state index is -0.555. The highest BCUT2D eigenvalue weighted by molar-refractivity contribution is 6.30. The Labute approximate surface area is 268 Å². The van der Waals surface area contributed by atoms with Crippen LogP contribution in [-0.4, -0.2) is 62.5 Å². The zero-order valence-electron chi connectivity index (χ0n) is 24.9. The molecule has 7 nitrogen and oxygen atoms in total. The third-order valence-corrected chi connectivity index (χ3v) is 8.96. The highest BCUT2D eigenvalue weighted by atomic mass is 35.5. The second kappa shape index (κ2) is 13.9. The van der Waals surface area contributed by atoms with Crippen molar-refractivity contribution in [3.05, 3.63) is 93.9 Å². The number of rotatable bonds is 9. The third-order valence-electron chi connectivity index (χ3n) is 8.70. The molecule has 10 heteroatoms. The molecule has 2 aliphatic heterocycles. The maximum atomic E-state index is 14.6. The number of carbonyl (C=O) groups excluding carboxylic acids is 1. The van der Waals surface area contributed by atoms with Gasteiger partial charge < -0.3 is 18.9 Å². The van der Waals surface area contributed by atoms with E-state index < -0.39 is 5.60 Å². The Bertz CT molecular complexity index is 1620. The van der Waals surface area contributed by atoms with Crippen molar-refractivity contribution >= 4 is 40.8 Å². The molecule has 3 heterocycles. The maximum absolute atomic E-state index is 14.6. The topological polar surface area (TPSA) is 62.2 Å². The van der Waals surface area contributed by atoms with Crippen molar-refractivity contribution in [2.24, 2.45) is 0 Å². The van der Waals surface area contributed by atoms with Crippen LogP contribution in [0.3, 0.4) is 0 Å². The van der Waals surface area contributed by atoms with Crippen LogP contribution in [0.15, 0.2) is 60.7 Å². The first-order valence-corrected chi connectivity index (χ1v) is 15.1. The Morgan fingerprint density at radius 1 is 1.02 bits per heavy atom. The van der Waals surface area contributed by atoms with E-state index in [1.54, 1.807) is 38.5 Å². The summed E-state index contributed by atoms with van der Waals surface area (Å²) in [7, 11) is 3.32. The maximum Gasteiger partial charge on any atom is 0.262 e. The van der Waals surface area contributed by atoms with Gasteiger partial charge in [0.15, 0.2) is 0 Å². The van der Waals surface area contributed by atoms with Crippen molar-refractivity contribution in [1.82, 2.24) is 9.47 Å². The lowest BCUT2D eigenvalue weighted by Gasteiger charge is -2.36. The van der Waals surface area contributed by atoms with Gasteiger partial charge >= 0.3 is 0 Å². The number of hydrogen-bond donors (Lipinski definition) is 0. The summed E-state index contributed by atoms with van der Waals surface area (Å²) in [6, 6.07) is 17.7. The molecule has 2 aliphatic rings. The van der Waals surface area contributed by atoms with Gasteiger partial charge in [-0.3, -0.25) is 14.3 Å². The van der Waals surface area contributed by atoms with Gasteiger partial charge in [0.05, 0.1) is 24.8 Å². The molecule has 1 aromatic heterocycles. The van der Waals surface area contributed by atoms with E-state index in [2.05, 4.69) is 4.90 Å². The van der Waals surface area contributed by atoms with Crippen LogP contribution in [0.5, 0.6) is 11.5 Å². The zero-order chi connectivity index (χ0) is 30.0. The van der Waals surface area contributed by atoms with Crippen LogP contribution >= 0.6 is 24.0 Å². The van der Waals surface area contributed by atoms with E-state index >= 15 is 0 Å². The summed E-state index contributed by atoms with van der Waals surface area (Å²) < 4.78 is 39.3. The van der Waals surface area contributed by atoms with Crippen LogP contribution in [-0.2, 0) is 28.0 Å². The number of aromatic nitrogens is 1. The Morgan fingerprint density at radius 3 is 2.52 bits per heavy atom. The number of nitrogens with zero attached hydrogens (tertiary/aromatic N) is 2. The van der Waals surface area contributed by atoms with Crippen LogP contribution in [0, 0.1) is 5.82 Å². The third kappa shape index (κ3) is 6.46. The van der Waals surface area contributed by atoms with E-state index in [0.717, 1.165) is 59.4 Å². The molecule has 0 saturated carbocycles. The molecule has 0 N–H and O–H groups in total. The second-order valence-corrected chi connectivity index (χ2v) is 11.6. The summed E-state index contributed by atoms with van der Waals surface area (Å²) in [6.07, 6.45) is 2.87. The monoisotopic (exact) mass is 642 g/mol. The fourth-order valence-corrected chi connectivity index (χ4v) is 6.49. The lowest BCUT2D eigenvalue weighted by atomic mass is 9.86. The molecule has 6 rings (SSSR count). The molecule has 0 spiro atoms. The van der Waals surface area contributed by atoms with Crippen LogP contribution in [0.4, 0.5) is 4.39 Å². The SMILES string of the molecule is COc1ccc2c(c1)c1c(n2C(=O)c2ccc(Cl)cc2)CCN(CCCOc2cc(F)cc(C3(OC)CCOCC3)c2)C1.Cl. The van der Waals surface area contributed by atoms with Crippen molar-refractivity contribution in [3.8, 4) is 11.5 Å². The first-order chi connectivity index (χ1) is 20.9. The lowest BCUT2D eigenvalue weighted by molar-refractivity contribution is -0.0950.